The molecule has 1 heterocycles. The zero-order valence-electron chi connectivity index (χ0n) is 10.5. The standard InChI is InChI=1S/C12H13IN4O2/c1-7(2)11-10(13)12(14)16(15-11)8-4-3-5-9(6-8)17(18)19/h3-7H,14H2,1-2H3. The van der Waals surface area contributed by atoms with Crippen molar-refractivity contribution < 1.29 is 4.92 Å². The Labute approximate surface area is 123 Å². The molecule has 7 heteroatoms. The summed E-state index contributed by atoms with van der Waals surface area (Å²) in [7, 11) is 0. The Morgan fingerprint density at radius 1 is 1.47 bits per heavy atom. The number of halogens is 1. The second kappa shape index (κ2) is 5.16. The first kappa shape index (κ1) is 13.8. The summed E-state index contributed by atoms with van der Waals surface area (Å²) in [6.45, 7) is 4.06. The number of non-ortho nitro benzene ring substituents is 1. The van der Waals surface area contributed by atoms with E-state index in [-0.39, 0.29) is 11.6 Å². The molecule has 0 saturated heterocycles. The van der Waals surface area contributed by atoms with Crippen LogP contribution in [0, 0.1) is 13.7 Å². The third kappa shape index (κ3) is 2.55. The van der Waals surface area contributed by atoms with Crippen molar-refractivity contribution in [2.24, 2.45) is 0 Å². The highest BCUT2D eigenvalue weighted by Gasteiger charge is 2.17. The van der Waals surface area contributed by atoms with Gasteiger partial charge < -0.3 is 5.73 Å². The van der Waals surface area contributed by atoms with Gasteiger partial charge in [-0.3, -0.25) is 10.1 Å². The minimum atomic E-state index is -0.433. The van der Waals surface area contributed by atoms with Gasteiger partial charge in [0, 0.05) is 12.1 Å². The van der Waals surface area contributed by atoms with Crippen LogP contribution in [-0.4, -0.2) is 14.7 Å². The van der Waals surface area contributed by atoms with Gasteiger partial charge in [-0.2, -0.15) is 5.10 Å². The maximum Gasteiger partial charge on any atom is 0.271 e. The fourth-order valence-corrected chi connectivity index (χ4v) is 2.69. The number of rotatable bonds is 3. The first-order valence-electron chi connectivity index (χ1n) is 5.70. The van der Waals surface area contributed by atoms with E-state index in [0.717, 1.165) is 9.26 Å². The molecule has 2 aromatic rings. The van der Waals surface area contributed by atoms with Gasteiger partial charge in [0.1, 0.15) is 5.82 Å². The van der Waals surface area contributed by atoms with Crippen LogP contribution in [0.3, 0.4) is 0 Å². The molecule has 6 nitrogen and oxygen atoms in total. The van der Waals surface area contributed by atoms with Crippen LogP contribution in [0.25, 0.3) is 5.69 Å². The summed E-state index contributed by atoms with van der Waals surface area (Å²) >= 11 is 2.15. The van der Waals surface area contributed by atoms with Gasteiger partial charge in [-0.15, -0.1) is 0 Å². The summed E-state index contributed by atoms with van der Waals surface area (Å²) in [5.74, 6) is 0.749. The second-order valence-corrected chi connectivity index (χ2v) is 5.51. The van der Waals surface area contributed by atoms with E-state index in [1.165, 1.54) is 12.1 Å². The molecule has 0 radical (unpaired) electrons. The number of benzene rings is 1. The van der Waals surface area contributed by atoms with Crippen molar-refractivity contribution in [1.82, 2.24) is 9.78 Å². The van der Waals surface area contributed by atoms with Crippen molar-refractivity contribution in [3.8, 4) is 5.69 Å². The Morgan fingerprint density at radius 3 is 2.68 bits per heavy atom. The molecule has 1 aromatic heterocycles. The first-order valence-corrected chi connectivity index (χ1v) is 6.78. The highest BCUT2D eigenvalue weighted by atomic mass is 127. The molecule has 0 saturated carbocycles. The van der Waals surface area contributed by atoms with Crippen LogP contribution in [0.15, 0.2) is 24.3 Å². The number of hydrogen-bond acceptors (Lipinski definition) is 4. The molecule has 1 aromatic carbocycles. The molecule has 0 bridgehead atoms. The topological polar surface area (TPSA) is 87.0 Å². The third-order valence-electron chi connectivity index (χ3n) is 2.72. The average molecular weight is 372 g/mol. The van der Waals surface area contributed by atoms with Crippen molar-refractivity contribution in [1.29, 1.82) is 0 Å². The highest BCUT2D eigenvalue weighted by molar-refractivity contribution is 14.1. The zero-order valence-corrected chi connectivity index (χ0v) is 12.7. The lowest BCUT2D eigenvalue weighted by Gasteiger charge is -2.03. The van der Waals surface area contributed by atoms with Gasteiger partial charge in [0.25, 0.3) is 5.69 Å². The molecular formula is C12H13IN4O2. The molecule has 0 amide bonds. The molecule has 0 unspecified atom stereocenters. The first-order chi connectivity index (χ1) is 8.91. The fourth-order valence-electron chi connectivity index (χ4n) is 1.73. The normalized spacial score (nSPS) is 10.9. The van der Waals surface area contributed by atoms with E-state index in [4.69, 9.17) is 5.73 Å². The van der Waals surface area contributed by atoms with E-state index in [1.54, 1.807) is 16.8 Å². The Bertz CT molecular complexity index is 637. The van der Waals surface area contributed by atoms with Crippen molar-refractivity contribution in [2.75, 3.05) is 5.73 Å². The Morgan fingerprint density at radius 2 is 2.16 bits per heavy atom. The van der Waals surface area contributed by atoms with E-state index in [0.29, 0.717) is 11.5 Å². The summed E-state index contributed by atoms with van der Waals surface area (Å²) in [5.41, 5.74) is 7.53. The molecular weight excluding hydrogens is 359 g/mol. The lowest BCUT2D eigenvalue weighted by molar-refractivity contribution is -0.384. The lowest BCUT2D eigenvalue weighted by atomic mass is 10.1. The van der Waals surface area contributed by atoms with E-state index in [9.17, 15) is 10.1 Å². The number of nitro groups is 1. The van der Waals surface area contributed by atoms with Crippen LogP contribution in [0.5, 0.6) is 0 Å². The Hall–Kier alpha value is -1.64. The van der Waals surface area contributed by atoms with Gasteiger partial charge in [0.2, 0.25) is 0 Å². The minimum absolute atomic E-state index is 0.0218. The van der Waals surface area contributed by atoms with Crippen LogP contribution in [0.2, 0.25) is 0 Å². The molecule has 2 rings (SSSR count). The van der Waals surface area contributed by atoms with Crippen molar-refractivity contribution in [3.05, 3.63) is 43.6 Å². The van der Waals surface area contributed by atoms with Crippen LogP contribution < -0.4 is 5.73 Å². The molecule has 0 aliphatic carbocycles. The number of nitrogens with zero attached hydrogens (tertiary/aromatic N) is 3. The second-order valence-electron chi connectivity index (χ2n) is 4.43. The zero-order chi connectivity index (χ0) is 14.2. The monoisotopic (exact) mass is 372 g/mol. The minimum Gasteiger partial charge on any atom is -0.383 e. The van der Waals surface area contributed by atoms with Crippen molar-refractivity contribution in [2.45, 2.75) is 19.8 Å². The fraction of sp³-hybridized carbons (Fsp3) is 0.250. The molecule has 0 aliphatic heterocycles. The average Bonchev–Trinajstić information content (AvgIpc) is 2.67. The summed E-state index contributed by atoms with van der Waals surface area (Å²) in [4.78, 5) is 10.4. The maximum absolute atomic E-state index is 10.8. The number of nitrogens with two attached hydrogens (primary N) is 1. The molecule has 0 spiro atoms. The maximum atomic E-state index is 10.8. The van der Waals surface area contributed by atoms with Gasteiger partial charge in [-0.05, 0) is 34.6 Å². The Balaban J connectivity index is 2.56. The number of anilines is 1. The van der Waals surface area contributed by atoms with Crippen LogP contribution >= 0.6 is 22.6 Å². The molecule has 0 aliphatic rings. The summed E-state index contributed by atoms with van der Waals surface area (Å²) in [5, 5.41) is 15.2. The third-order valence-corrected chi connectivity index (χ3v) is 3.82. The summed E-state index contributed by atoms with van der Waals surface area (Å²) < 4.78 is 2.43. The number of nitrogen functional groups attached to an aromatic ring is 1. The largest absolute Gasteiger partial charge is 0.383 e. The molecule has 0 fully saturated rings. The van der Waals surface area contributed by atoms with Gasteiger partial charge in [-0.1, -0.05) is 19.9 Å². The van der Waals surface area contributed by atoms with Crippen LogP contribution in [0.1, 0.15) is 25.5 Å². The van der Waals surface area contributed by atoms with E-state index in [1.807, 2.05) is 13.8 Å². The number of nitro benzene ring substituents is 1. The highest BCUT2D eigenvalue weighted by Crippen LogP contribution is 2.28. The van der Waals surface area contributed by atoms with E-state index < -0.39 is 4.92 Å². The predicted molar refractivity (Wildman–Crippen MR) is 81.4 cm³/mol. The van der Waals surface area contributed by atoms with Crippen LogP contribution in [-0.2, 0) is 0 Å². The SMILES string of the molecule is CC(C)c1nn(-c2cccc([N+](=O)[O-])c2)c(N)c1I. The molecule has 100 valence electrons. The predicted octanol–water partition coefficient (Wildman–Crippen LogP) is 3.09. The smallest absolute Gasteiger partial charge is 0.271 e. The molecule has 0 atom stereocenters. The van der Waals surface area contributed by atoms with Gasteiger partial charge in [-0.25, -0.2) is 4.68 Å². The van der Waals surface area contributed by atoms with Gasteiger partial charge >= 0.3 is 0 Å². The van der Waals surface area contributed by atoms with E-state index >= 15 is 0 Å². The summed E-state index contributed by atoms with van der Waals surface area (Å²) in [6, 6.07) is 6.27. The van der Waals surface area contributed by atoms with Crippen molar-refractivity contribution >= 4 is 34.1 Å². The molecule has 19 heavy (non-hydrogen) atoms. The number of hydrogen-bond donors (Lipinski definition) is 1. The molecule has 2 N–H and O–H groups in total. The lowest BCUT2D eigenvalue weighted by Crippen LogP contribution is -2.03. The Kier molecular flexibility index (Phi) is 3.74. The van der Waals surface area contributed by atoms with E-state index in [2.05, 4.69) is 27.7 Å². The summed E-state index contributed by atoms with van der Waals surface area (Å²) in [6.07, 6.45) is 0. The van der Waals surface area contributed by atoms with Crippen molar-refractivity contribution in [3.63, 3.8) is 0 Å². The quantitative estimate of drug-likeness (QED) is 0.510. The van der Waals surface area contributed by atoms with Gasteiger partial charge in [0.15, 0.2) is 0 Å². The van der Waals surface area contributed by atoms with Crippen LogP contribution in [0.4, 0.5) is 11.5 Å². The van der Waals surface area contributed by atoms with Gasteiger partial charge in [0.05, 0.1) is 19.9 Å². The number of aromatic nitrogens is 2.